The molecule has 2 aliphatic heterocycles. The summed E-state index contributed by atoms with van der Waals surface area (Å²) >= 11 is 18.4. The fourth-order valence-electron chi connectivity index (χ4n) is 5.57. The highest BCUT2D eigenvalue weighted by atomic mass is 35.5. The second kappa shape index (κ2) is 12.4. The number of carbonyl (C=O) groups is 2. The van der Waals surface area contributed by atoms with E-state index >= 15 is 4.39 Å². The van der Waals surface area contributed by atoms with Gasteiger partial charge in [0.05, 0.1) is 21.8 Å². The number of hydrogen-bond acceptors (Lipinski definition) is 6. The lowest BCUT2D eigenvalue weighted by Crippen LogP contribution is -2.42. The molecule has 2 N–H and O–H groups in total. The van der Waals surface area contributed by atoms with Crippen LogP contribution in [0, 0.1) is 22.6 Å². The lowest BCUT2D eigenvalue weighted by Gasteiger charge is -2.33. The summed E-state index contributed by atoms with van der Waals surface area (Å²) in [5.41, 5.74) is -2.63. The summed E-state index contributed by atoms with van der Waals surface area (Å²) in [5.74, 6) is -2.69. The molecule has 6 rings (SSSR count). The molecule has 0 unspecified atom stereocenters. The predicted molar refractivity (Wildman–Crippen MR) is 164 cm³/mol. The summed E-state index contributed by atoms with van der Waals surface area (Å²) in [6, 6.07) is 8.68. The maximum atomic E-state index is 15.5. The number of anilines is 1. The summed E-state index contributed by atoms with van der Waals surface area (Å²) in [5, 5.41) is 14.4. The van der Waals surface area contributed by atoms with Gasteiger partial charge < -0.3 is 19.9 Å². The average Bonchev–Trinajstić information content (AvgIpc) is 3.62. The first-order valence-electron chi connectivity index (χ1n) is 13.6. The molecule has 1 aliphatic carbocycles. The molecule has 15 heteroatoms. The van der Waals surface area contributed by atoms with Crippen molar-refractivity contribution in [3.05, 3.63) is 78.9 Å². The molecule has 2 fully saturated rings. The minimum Gasteiger partial charge on any atom is -0.503 e. The number of alkyl halides is 3. The number of hydrogen-bond donors (Lipinski definition) is 2. The second-order valence-corrected chi connectivity index (χ2v) is 13.2. The number of halogens is 6. The van der Waals surface area contributed by atoms with E-state index < -0.39 is 45.1 Å². The van der Waals surface area contributed by atoms with Crippen molar-refractivity contribution in [2.45, 2.75) is 60.9 Å². The van der Waals surface area contributed by atoms with Gasteiger partial charge in [-0.25, -0.2) is 4.39 Å². The third kappa shape index (κ3) is 6.23. The number of pyridine rings is 1. The molecule has 45 heavy (non-hydrogen) atoms. The zero-order valence-electron chi connectivity index (χ0n) is 23.5. The van der Waals surface area contributed by atoms with Gasteiger partial charge in [0.15, 0.2) is 11.6 Å². The van der Waals surface area contributed by atoms with Crippen molar-refractivity contribution in [2.75, 3.05) is 11.4 Å². The fraction of sp³-hybridized carbons (Fsp3) is 0.333. The number of rotatable bonds is 5. The van der Waals surface area contributed by atoms with E-state index in [1.165, 1.54) is 30.0 Å². The number of aromatic amines is 1. The Balaban J connectivity index is 0.00000128. The summed E-state index contributed by atoms with van der Waals surface area (Å²) < 4.78 is 43.5. The Labute approximate surface area is 274 Å². The molecule has 236 valence electrons. The normalized spacial score (nSPS) is 16.6. The number of fused-ring (bicyclic) bond motifs is 1. The third-order valence-electron chi connectivity index (χ3n) is 7.94. The largest absolute Gasteiger partial charge is 0.503 e. The lowest BCUT2D eigenvalue weighted by molar-refractivity contribution is -0.125. The first-order valence-corrected chi connectivity index (χ1v) is 15.6. The van der Waals surface area contributed by atoms with E-state index in [0.717, 1.165) is 42.0 Å². The smallest absolute Gasteiger partial charge is 0.362 e. The zero-order chi connectivity index (χ0) is 32.8. The Morgan fingerprint density at radius 1 is 1.16 bits per heavy atom. The van der Waals surface area contributed by atoms with Crippen LogP contribution < -0.4 is 10.5 Å². The topological polar surface area (TPSA) is 117 Å². The Bertz CT molecular complexity index is 1800. The van der Waals surface area contributed by atoms with Gasteiger partial charge in [0, 0.05) is 47.3 Å². The molecule has 3 aliphatic rings. The van der Waals surface area contributed by atoms with Gasteiger partial charge in [-0.05, 0) is 67.1 Å². The number of phenols is 1. The van der Waals surface area contributed by atoms with Gasteiger partial charge in [0.25, 0.3) is 11.5 Å². The maximum Gasteiger partial charge on any atom is 0.362 e. The van der Waals surface area contributed by atoms with Crippen molar-refractivity contribution >= 4 is 64.1 Å². The van der Waals surface area contributed by atoms with Crippen LogP contribution in [-0.4, -0.2) is 33.3 Å². The lowest BCUT2D eigenvalue weighted by atomic mass is 9.93. The van der Waals surface area contributed by atoms with Crippen LogP contribution in [0.4, 0.5) is 18.9 Å². The van der Waals surface area contributed by atoms with E-state index in [4.69, 9.17) is 40.1 Å². The highest BCUT2D eigenvalue weighted by Crippen LogP contribution is 2.54. The van der Waals surface area contributed by atoms with Gasteiger partial charge in [-0.3, -0.25) is 14.4 Å². The van der Waals surface area contributed by atoms with Crippen LogP contribution in [0.3, 0.4) is 0 Å². The van der Waals surface area contributed by atoms with Crippen LogP contribution in [0.25, 0.3) is 0 Å². The van der Waals surface area contributed by atoms with Crippen LogP contribution in [0.2, 0.25) is 10.0 Å². The van der Waals surface area contributed by atoms with E-state index in [9.17, 15) is 28.3 Å². The van der Waals surface area contributed by atoms with Crippen molar-refractivity contribution in [2.24, 2.45) is 5.41 Å². The van der Waals surface area contributed by atoms with Crippen LogP contribution >= 0.6 is 46.6 Å². The van der Waals surface area contributed by atoms with E-state index in [2.05, 4.69) is 0 Å². The van der Waals surface area contributed by atoms with E-state index in [-0.39, 0.29) is 50.1 Å². The quantitative estimate of drug-likeness (QED) is 0.266. The number of amides is 2. The molecule has 3 aromatic rings. The van der Waals surface area contributed by atoms with Crippen LogP contribution in [0.15, 0.2) is 44.9 Å². The summed E-state index contributed by atoms with van der Waals surface area (Å²) in [6.07, 6.45) is 2.97. The standard InChI is InChI=1S/C28H21Cl3F3N3O4S.C2H3N/c29-15-3-1-4-16(30)23(15)42-18-10-19(28(31,33)34)35-24(39)20(18)25(40)36-11-13-9-17(22(38)21(32)14(13)12-36)37-8-2-5-27(6-7-27)26(37)41;1-2-3/h1,3-4,9-10,38H,2,5-8,11-12H2,(H,35,39);1H3. The Hall–Kier alpha value is -3.37. The first kappa shape index (κ1) is 33.0. The van der Waals surface area contributed by atoms with Gasteiger partial charge in [-0.1, -0.05) is 41.0 Å². The molecule has 8 nitrogen and oxygen atoms in total. The molecular formula is C30H24Cl3F3N4O4S. The number of benzene rings is 2. The van der Waals surface area contributed by atoms with E-state index in [1.807, 2.05) is 4.98 Å². The highest BCUT2D eigenvalue weighted by Gasteiger charge is 2.53. The zero-order valence-corrected chi connectivity index (χ0v) is 26.6. The molecule has 1 aromatic heterocycles. The van der Waals surface area contributed by atoms with Crippen molar-refractivity contribution < 1.29 is 27.9 Å². The second-order valence-electron chi connectivity index (χ2n) is 10.8. The van der Waals surface area contributed by atoms with Crippen LogP contribution in [0.1, 0.15) is 59.8 Å². The minimum atomic E-state index is -3.95. The molecule has 2 amide bonds. The Morgan fingerprint density at radius 2 is 1.80 bits per heavy atom. The third-order valence-corrected chi connectivity index (χ3v) is 10.2. The van der Waals surface area contributed by atoms with Crippen LogP contribution in [0.5, 0.6) is 5.75 Å². The highest BCUT2D eigenvalue weighted by molar-refractivity contribution is 7.99. The number of aromatic hydroxyl groups is 1. The molecular weight excluding hydrogens is 676 g/mol. The molecule has 0 bridgehead atoms. The predicted octanol–water partition coefficient (Wildman–Crippen LogP) is 7.56. The van der Waals surface area contributed by atoms with Crippen molar-refractivity contribution in [3.8, 4) is 11.8 Å². The van der Waals surface area contributed by atoms with Gasteiger partial charge in [0.2, 0.25) is 5.91 Å². The fourth-order valence-corrected chi connectivity index (χ4v) is 7.31. The summed E-state index contributed by atoms with van der Waals surface area (Å²) in [4.78, 5) is 44.5. The molecule has 1 spiro atoms. The minimum absolute atomic E-state index is 0.0267. The Morgan fingerprint density at radius 3 is 2.40 bits per heavy atom. The SMILES string of the molecule is CC#N.O=C(c1c(Sc2c(Cl)cccc2Cl)cc(C(F)(F)Cl)[nH]c1=O)N1Cc2cc(N3CCCC4(CC4)C3=O)c(O)c(F)c2C1. The average molecular weight is 700 g/mol. The number of aromatic nitrogens is 1. The number of nitrogens with zero attached hydrogens (tertiary/aromatic N) is 3. The van der Waals surface area contributed by atoms with Gasteiger partial charge in [-0.2, -0.15) is 14.0 Å². The van der Waals surface area contributed by atoms with Crippen molar-refractivity contribution in [1.29, 1.82) is 5.26 Å². The van der Waals surface area contributed by atoms with Gasteiger partial charge in [-0.15, -0.1) is 0 Å². The number of H-pyrrole nitrogens is 1. The number of phenolic OH excluding ortho intramolecular Hbond substituents is 1. The number of carbonyl (C=O) groups excluding carboxylic acids is 2. The van der Waals surface area contributed by atoms with Crippen molar-refractivity contribution in [3.63, 3.8) is 0 Å². The maximum absolute atomic E-state index is 15.5. The number of piperidine rings is 1. The monoisotopic (exact) mass is 698 g/mol. The summed E-state index contributed by atoms with van der Waals surface area (Å²) in [6.45, 7) is 1.29. The number of nitriles is 1. The molecule has 3 heterocycles. The molecule has 2 aromatic carbocycles. The molecule has 0 atom stereocenters. The summed E-state index contributed by atoms with van der Waals surface area (Å²) in [7, 11) is 0. The number of nitrogens with one attached hydrogen (secondary N) is 1. The Kier molecular flexibility index (Phi) is 9.12. The molecule has 0 radical (unpaired) electrons. The van der Waals surface area contributed by atoms with Gasteiger partial charge >= 0.3 is 5.38 Å². The first-order chi connectivity index (χ1) is 21.2. The van der Waals surface area contributed by atoms with Gasteiger partial charge in [0.1, 0.15) is 11.3 Å². The van der Waals surface area contributed by atoms with Crippen LogP contribution in [-0.2, 0) is 23.3 Å². The van der Waals surface area contributed by atoms with E-state index in [1.54, 1.807) is 12.1 Å². The molecule has 1 saturated heterocycles. The van der Waals surface area contributed by atoms with E-state index in [0.29, 0.717) is 18.5 Å². The molecule has 1 saturated carbocycles. The van der Waals surface area contributed by atoms with Crippen molar-refractivity contribution in [1.82, 2.24) is 9.88 Å².